The molecule has 88 valence electrons. The van der Waals surface area contributed by atoms with Gasteiger partial charge in [-0.15, -0.1) is 0 Å². The highest BCUT2D eigenvalue weighted by atomic mass is 14.9. The number of para-hydroxylation sites is 1. The van der Waals surface area contributed by atoms with E-state index >= 15 is 0 Å². The summed E-state index contributed by atoms with van der Waals surface area (Å²) in [5.41, 5.74) is 8.35. The van der Waals surface area contributed by atoms with Gasteiger partial charge in [-0.2, -0.15) is 0 Å². The second-order valence-corrected chi connectivity index (χ2v) is 3.98. The van der Waals surface area contributed by atoms with Crippen LogP contribution in [0.2, 0.25) is 0 Å². The van der Waals surface area contributed by atoms with Gasteiger partial charge in [-0.05, 0) is 24.3 Å². The van der Waals surface area contributed by atoms with Gasteiger partial charge in [0.1, 0.15) is 5.82 Å². The molecule has 3 rings (SSSR count). The summed E-state index contributed by atoms with van der Waals surface area (Å²) in [4.78, 5) is 8.44. The molecule has 0 spiro atoms. The molecule has 0 atom stereocenters. The summed E-state index contributed by atoms with van der Waals surface area (Å²) < 4.78 is 0. The third-order valence-electron chi connectivity index (χ3n) is 2.70. The Morgan fingerprint density at radius 3 is 2.67 bits per heavy atom. The molecule has 3 aromatic rings. The van der Waals surface area contributed by atoms with Crippen LogP contribution >= 0.6 is 0 Å². The first-order chi connectivity index (χ1) is 8.83. The van der Waals surface area contributed by atoms with E-state index in [9.17, 15) is 0 Å². The summed E-state index contributed by atoms with van der Waals surface area (Å²) in [6.07, 6.45) is 3.49. The fourth-order valence-electron chi connectivity index (χ4n) is 1.84. The van der Waals surface area contributed by atoms with Crippen molar-refractivity contribution in [2.45, 2.75) is 0 Å². The minimum atomic E-state index is 0.511. The molecule has 4 nitrogen and oxygen atoms in total. The molecule has 18 heavy (non-hydrogen) atoms. The van der Waals surface area contributed by atoms with Gasteiger partial charge in [-0.3, -0.25) is 4.98 Å². The maximum atomic E-state index is 5.56. The molecule has 0 aliphatic rings. The Kier molecular flexibility index (Phi) is 2.53. The zero-order valence-electron chi connectivity index (χ0n) is 9.67. The van der Waals surface area contributed by atoms with Gasteiger partial charge in [0.2, 0.25) is 0 Å². The Morgan fingerprint density at radius 2 is 1.83 bits per heavy atom. The minimum Gasteiger partial charge on any atom is -0.384 e. The number of anilines is 3. The molecule has 3 N–H and O–H groups in total. The van der Waals surface area contributed by atoms with E-state index in [1.807, 2.05) is 36.4 Å². The number of nitrogens with one attached hydrogen (secondary N) is 1. The number of fused-ring (bicyclic) bond motifs is 1. The Bertz CT molecular complexity index is 671. The third-order valence-corrected chi connectivity index (χ3v) is 2.70. The molecule has 0 saturated carbocycles. The topological polar surface area (TPSA) is 63.8 Å². The average Bonchev–Trinajstić information content (AvgIpc) is 2.42. The number of aromatic nitrogens is 2. The van der Waals surface area contributed by atoms with Crippen molar-refractivity contribution in [3.63, 3.8) is 0 Å². The van der Waals surface area contributed by atoms with E-state index < -0.39 is 0 Å². The van der Waals surface area contributed by atoms with Crippen LogP contribution in [0.3, 0.4) is 0 Å². The van der Waals surface area contributed by atoms with Crippen molar-refractivity contribution in [2.24, 2.45) is 0 Å². The Balaban J connectivity index is 2.02. The number of hydrogen-bond acceptors (Lipinski definition) is 4. The number of nitrogens with zero attached hydrogens (tertiary/aromatic N) is 2. The molecule has 4 heteroatoms. The van der Waals surface area contributed by atoms with Crippen molar-refractivity contribution in [3.8, 4) is 0 Å². The summed E-state index contributed by atoms with van der Waals surface area (Å²) in [5.74, 6) is 0.511. The van der Waals surface area contributed by atoms with E-state index in [1.165, 1.54) is 0 Å². The van der Waals surface area contributed by atoms with Crippen molar-refractivity contribution in [1.82, 2.24) is 9.97 Å². The van der Waals surface area contributed by atoms with Gasteiger partial charge in [0, 0.05) is 11.6 Å². The summed E-state index contributed by atoms with van der Waals surface area (Å²) in [5, 5.41) is 4.40. The lowest BCUT2D eigenvalue weighted by atomic mass is 10.2. The van der Waals surface area contributed by atoms with Crippen LogP contribution in [-0.2, 0) is 0 Å². The van der Waals surface area contributed by atoms with Gasteiger partial charge in [-0.25, -0.2) is 4.98 Å². The highest BCUT2D eigenvalue weighted by Gasteiger charge is 2.01. The predicted octanol–water partition coefficient (Wildman–Crippen LogP) is 2.96. The zero-order chi connectivity index (χ0) is 12.4. The van der Waals surface area contributed by atoms with Crippen LogP contribution in [0.1, 0.15) is 0 Å². The Morgan fingerprint density at radius 1 is 0.944 bits per heavy atom. The van der Waals surface area contributed by atoms with E-state index in [2.05, 4.69) is 15.3 Å². The van der Waals surface area contributed by atoms with Gasteiger partial charge < -0.3 is 11.1 Å². The van der Waals surface area contributed by atoms with Gasteiger partial charge in [0.05, 0.1) is 23.1 Å². The lowest BCUT2D eigenvalue weighted by molar-refractivity contribution is 1.33. The molecule has 0 aliphatic carbocycles. The van der Waals surface area contributed by atoms with Crippen LogP contribution in [-0.4, -0.2) is 9.97 Å². The largest absolute Gasteiger partial charge is 0.384 e. The summed E-state index contributed by atoms with van der Waals surface area (Å²) in [6.45, 7) is 0. The maximum Gasteiger partial charge on any atom is 0.123 e. The lowest BCUT2D eigenvalue weighted by Gasteiger charge is -2.08. The average molecular weight is 236 g/mol. The molecule has 2 heterocycles. The normalized spacial score (nSPS) is 10.4. The van der Waals surface area contributed by atoms with Crippen LogP contribution < -0.4 is 11.1 Å². The molecule has 2 aromatic heterocycles. The fraction of sp³-hybridized carbons (Fsp3) is 0. The third kappa shape index (κ3) is 1.96. The molecule has 0 radical (unpaired) electrons. The van der Waals surface area contributed by atoms with Gasteiger partial charge in [0.15, 0.2) is 0 Å². The molecule has 0 amide bonds. The summed E-state index contributed by atoms with van der Waals surface area (Å²) >= 11 is 0. The number of nitrogen functional groups attached to an aromatic ring is 1. The SMILES string of the molecule is Nc1ccc(Nc2cccc3cccnc23)cn1. The van der Waals surface area contributed by atoms with Crippen molar-refractivity contribution in [2.75, 3.05) is 11.1 Å². The van der Waals surface area contributed by atoms with E-state index in [-0.39, 0.29) is 0 Å². The lowest BCUT2D eigenvalue weighted by Crippen LogP contribution is -1.95. The number of pyridine rings is 2. The molecule has 0 fully saturated rings. The molecule has 0 bridgehead atoms. The zero-order valence-corrected chi connectivity index (χ0v) is 9.67. The number of rotatable bonds is 2. The molecule has 1 aromatic carbocycles. The van der Waals surface area contributed by atoms with Crippen molar-refractivity contribution in [3.05, 3.63) is 54.9 Å². The van der Waals surface area contributed by atoms with E-state index in [0.29, 0.717) is 5.82 Å². The first-order valence-corrected chi connectivity index (χ1v) is 5.65. The van der Waals surface area contributed by atoms with Crippen LogP contribution in [0.5, 0.6) is 0 Å². The van der Waals surface area contributed by atoms with Crippen LogP contribution in [0.4, 0.5) is 17.2 Å². The Labute approximate surface area is 104 Å². The fourth-order valence-corrected chi connectivity index (χ4v) is 1.84. The maximum absolute atomic E-state index is 5.56. The molecular weight excluding hydrogens is 224 g/mol. The first kappa shape index (κ1) is 10.5. The molecule has 0 saturated heterocycles. The van der Waals surface area contributed by atoms with E-state index in [0.717, 1.165) is 22.3 Å². The molecule has 0 aliphatic heterocycles. The van der Waals surface area contributed by atoms with Crippen molar-refractivity contribution in [1.29, 1.82) is 0 Å². The van der Waals surface area contributed by atoms with Crippen molar-refractivity contribution < 1.29 is 0 Å². The van der Waals surface area contributed by atoms with E-state index in [1.54, 1.807) is 18.5 Å². The highest BCUT2D eigenvalue weighted by Crippen LogP contribution is 2.24. The van der Waals surface area contributed by atoms with Crippen LogP contribution in [0.15, 0.2) is 54.9 Å². The highest BCUT2D eigenvalue weighted by molar-refractivity contribution is 5.91. The number of nitrogens with two attached hydrogens (primary N) is 1. The molecular formula is C14H12N4. The standard InChI is InChI=1S/C14H12N4/c15-13-7-6-11(9-17-13)18-12-5-1-3-10-4-2-8-16-14(10)12/h1-9,18H,(H2,15,17). The van der Waals surface area contributed by atoms with Gasteiger partial charge in [-0.1, -0.05) is 18.2 Å². The quantitative estimate of drug-likeness (QED) is 0.718. The predicted molar refractivity (Wildman–Crippen MR) is 73.7 cm³/mol. The summed E-state index contributed by atoms with van der Waals surface area (Å²) in [6, 6.07) is 13.6. The van der Waals surface area contributed by atoms with Crippen LogP contribution in [0, 0.1) is 0 Å². The molecule has 0 unspecified atom stereocenters. The number of hydrogen-bond donors (Lipinski definition) is 2. The first-order valence-electron chi connectivity index (χ1n) is 5.65. The van der Waals surface area contributed by atoms with Crippen LogP contribution in [0.25, 0.3) is 10.9 Å². The minimum absolute atomic E-state index is 0.511. The second-order valence-electron chi connectivity index (χ2n) is 3.98. The van der Waals surface area contributed by atoms with Gasteiger partial charge in [0.25, 0.3) is 0 Å². The number of benzene rings is 1. The second kappa shape index (κ2) is 4.33. The van der Waals surface area contributed by atoms with Crippen molar-refractivity contribution >= 4 is 28.1 Å². The smallest absolute Gasteiger partial charge is 0.123 e. The summed E-state index contributed by atoms with van der Waals surface area (Å²) in [7, 11) is 0. The Hall–Kier alpha value is -2.62. The van der Waals surface area contributed by atoms with Gasteiger partial charge >= 0.3 is 0 Å². The monoisotopic (exact) mass is 236 g/mol. The van der Waals surface area contributed by atoms with E-state index in [4.69, 9.17) is 5.73 Å².